The minimum absolute atomic E-state index is 0.0224. The molecule has 1 amide bonds. The lowest BCUT2D eigenvalue weighted by molar-refractivity contribution is -0.120. The Balaban J connectivity index is 1.47. The summed E-state index contributed by atoms with van der Waals surface area (Å²) in [5, 5.41) is 2.64. The number of imidazole rings is 1. The molecule has 1 aliphatic heterocycles. The zero-order valence-electron chi connectivity index (χ0n) is 19.7. The maximum atomic E-state index is 11.4. The van der Waals surface area contributed by atoms with Crippen molar-refractivity contribution in [1.82, 2.24) is 24.8 Å². The fraction of sp³-hybridized carbons (Fsp3) is 0.520. The van der Waals surface area contributed by atoms with Crippen molar-refractivity contribution in [1.29, 1.82) is 0 Å². The molecule has 9 nitrogen and oxygen atoms in total. The first-order valence-corrected chi connectivity index (χ1v) is 12.2. The molecule has 34 heavy (non-hydrogen) atoms. The van der Waals surface area contributed by atoms with Crippen LogP contribution in [0.3, 0.4) is 0 Å². The third-order valence-electron chi connectivity index (χ3n) is 6.62. The molecule has 0 atom stereocenters. The number of hydrogen-bond acceptors (Lipinski definition) is 7. The van der Waals surface area contributed by atoms with Gasteiger partial charge in [-0.25, -0.2) is 9.97 Å². The number of fused-ring (bicyclic) bond motifs is 1. The summed E-state index contributed by atoms with van der Waals surface area (Å²) in [6, 6.07) is 8.39. The lowest BCUT2D eigenvalue weighted by atomic mass is 10.1. The highest BCUT2D eigenvalue weighted by molar-refractivity contribution is 5.89. The maximum absolute atomic E-state index is 11.4. The smallest absolute Gasteiger partial charge is 0.228 e. The van der Waals surface area contributed by atoms with Gasteiger partial charge in [0.1, 0.15) is 17.0 Å². The van der Waals surface area contributed by atoms with Crippen LogP contribution in [0.15, 0.2) is 30.6 Å². The quantitative estimate of drug-likeness (QED) is 0.511. The molecule has 0 radical (unpaired) electrons. The van der Waals surface area contributed by atoms with E-state index in [4.69, 9.17) is 24.4 Å². The minimum Gasteiger partial charge on any atom is -0.494 e. The van der Waals surface area contributed by atoms with Crippen LogP contribution in [0.25, 0.3) is 22.4 Å². The Labute approximate surface area is 199 Å². The number of morpholine rings is 1. The summed E-state index contributed by atoms with van der Waals surface area (Å²) < 4.78 is 13.7. The van der Waals surface area contributed by atoms with E-state index in [1.165, 1.54) is 12.8 Å². The molecular formula is C25H32N6O3. The molecule has 2 aromatic heterocycles. The predicted molar refractivity (Wildman–Crippen MR) is 130 cm³/mol. The van der Waals surface area contributed by atoms with Gasteiger partial charge in [0.2, 0.25) is 11.9 Å². The monoisotopic (exact) mass is 464 g/mol. The summed E-state index contributed by atoms with van der Waals surface area (Å²) in [5.41, 5.74) is 3.48. The van der Waals surface area contributed by atoms with Gasteiger partial charge in [-0.3, -0.25) is 4.79 Å². The van der Waals surface area contributed by atoms with E-state index in [0.29, 0.717) is 38.7 Å². The van der Waals surface area contributed by atoms with E-state index >= 15 is 0 Å². The van der Waals surface area contributed by atoms with Crippen molar-refractivity contribution in [3.05, 3.63) is 30.6 Å². The van der Waals surface area contributed by atoms with E-state index < -0.39 is 0 Å². The van der Waals surface area contributed by atoms with E-state index in [2.05, 4.69) is 14.8 Å². The largest absolute Gasteiger partial charge is 0.494 e. The van der Waals surface area contributed by atoms with Crippen LogP contribution in [0.1, 0.15) is 44.6 Å². The Morgan fingerprint density at radius 3 is 2.82 bits per heavy atom. The number of hydrogen-bond donors (Lipinski definition) is 1. The van der Waals surface area contributed by atoms with Gasteiger partial charge in [0.25, 0.3) is 0 Å². The van der Waals surface area contributed by atoms with Gasteiger partial charge in [0.15, 0.2) is 5.65 Å². The standard InChI is InChI=1S/C25H32N6O3/c1-26-21(32)10-5-13-34-20-9-4-6-18(16-20)22-23-24(31(17-27-23)19-7-2-3-8-19)29-25(28-22)30-11-14-33-15-12-30/h4,6,9,16-17,19H,2-3,5,7-8,10-15H2,1H3,(H,26,32). The van der Waals surface area contributed by atoms with Crippen molar-refractivity contribution in [2.45, 2.75) is 44.6 Å². The van der Waals surface area contributed by atoms with Crippen LogP contribution in [-0.2, 0) is 9.53 Å². The van der Waals surface area contributed by atoms with Crippen molar-refractivity contribution in [2.24, 2.45) is 0 Å². The summed E-state index contributed by atoms with van der Waals surface area (Å²) >= 11 is 0. The van der Waals surface area contributed by atoms with Gasteiger partial charge in [-0.15, -0.1) is 0 Å². The number of amides is 1. The molecule has 1 saturated heterocycles. The maximum Gasteiger partial charge on any atom is 0.228 e. The average molecular weight is 465 g/mol. The van der Waals surface area contributed by atoms with Crippen LogP contribution in [0, 0.1) is 0 Å². The van der Waals surface area contributed by atoms with E-state index in [1.807, 2.05) is 30.6 Å². The molecule has 0 bridgehead atoms. The SMILES string of the molecule is CNC(=O)CCCOc1cccc(-c2nc(N3CCOCC3)nc3c2ncn3C2CCCC2)c1. The van der Waals surface area contributed by atoms with Crippen LogP contribution in [0.5, 0.6) is 5.75 Å². The van der Waals surface area contributed by atoms with E-state index in [1.54, 1.807) is 7.05 Å². The summed E-state index contributed by atoms with van der Waals surface area (Å²) in [6.07, 6.45) is 7.86. The number of nitrogens with zero attached hydrogens (tertiary/aromatic N) is 5. The van der Waals surface area contributed by atoms with Crippen molar-refractivity contribution in [2.75, 3.05) is 44.9 Å². The summed E-state index contributed by atoms with van der Waals surface area (Å²) in [4.78, 5) is 28.4. The van der Waals surface area contributed by atoms with E-state index in [9.17, 15) is 4.79 Å². The van der Waals surface area contributed by atoms with Crippen molar-refractivity contribution < 1.29 is 14.3 Å². The minimum atomic E-state index is 0.0224. The number of benzene rings is 1. The second kappa shape index (κ2) is 10.4. The molecule has 1 aromatic carbocycles. The third-order valence-corrected chi connectivity index (χ3v) is 6.62. The number of carbonyl (C=O) groups is 1. The fourth-order valence-corrected chi connectivity index (χ4v) is 4.74. The normalized spacial score (nSPS) is 16.8. The average Bonchev–Trinajstić information content (AvgIpc) is 3.56. The molecule has 0 spiro atoms. The van der Waals surface area contributed by atoms with Crippen LogP contribution in [-0.4, -0.2) is 65.4 Å². The van der Waals surface area contributed by atoms with E-state index in [0.717, 1.165) is 60.1 Å². The molecule has 3 aromatic rings. The van der Waals surface area contributed by atoms with Crippen LogP contribution < -0.4 is 15.0 Å². The molecule has 2 fully saturated rings. The molecule has 180 valence electrons. The molecular weight excluding hydrogens is 432 g/mol. The number of aromatic nitrogens is 4. The first-order chi connectivity index (χ1) is 16.7. The number of carbonyl (C=O) groups excluding carboxylic acids is 1. The van der Waals surface area contributed by atoms with Crippen molar-refractivity contribution in [3.8, 4) is 17.0 Å². The molecule has 1 saturated carbocycles. The number of nitrogens with one attached hydrogen (secondary N) is 1. The molecule has 0 unspecified atom stereocenters. The number of anilines is 1. The first-order valence-electron chi connectivity index (χ1n) is 12.2. The molecule has 5 rings (SSSR count). The lowest BCUT2D eigenvalue weighted by Gasteiger charge is -2.27. The van der Waals surface area contributed by atoms with Gasteiger partial charge in [-0.05, 0) is 31.4 Å². The molecule has 1 N–H and O–H groups in total. The van der Waals surface area contributed by atoms with Gasteiger partial charge in [0.05, 0.1) is 26.1 Å². The van der Waals surface area contributed by atoms with E-state index in [-0.39, 0.29) is 5.91 Å². The summed E-state index contributed by atoms with van der Waals surface area (Å²) in [7, 11) is 1.65. The summed E-state index contributed by atoms with van der Waals surface area (Å²) in [6.45, 7) is 3.38. The molecule has 2 aliphatic rings. The van der Waals surface area contributed by atoms with Gasteiger partial charge < -0.3 is 24.3 Å². The Hall–Kier alpha value is -3.20. The van der Waals surface area contributed by atoms with Crippen LogP contribution in [0.2, 0.25) is 0 Å². The van der Waals surface area contributed by atoms with Crippen molar-refractivity contribution >= 4 is 23.0 Å². The Kier molecular flexibility index (Phi) is 6.89. The zero-order valence-corrected chi connectivity index (χ0v) is 19.7. The second-order valence-electron chi connectivity index (χ2n) is 8.89. The lowest BCUT2D eigenvalue weighted by Crippen LogP contribution is -2.37. The highest BCUT2D eigenvalue weighted by Gasteiger charge is 2.24. The molecule has 9 heteroatoms. The third kappa shape index (κ3) is 4.84. The molecule has 3 heterocycles. The first kappa shape index (κ1) is 22.6. The highest BCUT2D eigenvalue weighted by Crippen LogP contribution is 2.35. The Bertz CT molecular complexity index is 1130. The highest BCUT2D eigenvalue weighted by atomic mass is 16.5. The Morgan fingerprint density at radius 2 is 2.03 bits per heavy atom. The van der Waals surface area contributed by atoms with Crippen LogP contribution in [0.4, 0.5) is 5.95 Å². The van der Waals surface area contributed by atoms with Gasteiger partial charge in [0, 0.05) is 38.2 Å². The van der Waals surface area contributed by atoms with Gasteiger partial charge in [-0.1, -0.05) is 25.0 Å². The molecule has 1 aliphatic carbocycles. The second-order valence-corrected chi connectivity index (χ2v) is 8.89. The van der Waals surface area contributed by atoms with Gasteiger partial charge >= 0.3 is 0 Å². The predicted octanol–water partition coefficient (Wildman–Crippen LogP) is 3.35. The number of ether oxygens (including phenoxy) is 2. The Morgan fingerprint density at radius 1 is 1.21 bits per heavy atom. The number of rotatable bonds is 8. The van der Waals surface area contributed by atoms with Gasteiger partial charge in [-0.2, -0.15) is 4.98 Å². The van der Waals surface area contributed by atoms with Crippen molar-refractivity contribution in [3.63, 3.8) is 0 Å². The zero-order chi connectivity index (χ0) is 23.3. The van der Waals surface area contributed by atoms with Crippen LogP contribution >= 0.6 is 0 Å². The topological polar surface area (TPSA) is 94.4 Å². The summed E-state index contributed by atoms with van der Waals surface area (Å²) in [5.74, 6) is 1.50. The fourth-order valence-electron chi connectivity index (χ4n) is 4.74.